The van der Waals surface area contributed by atoms with Crippen LogP contribution >= 0.6 is 0 Å². The van der Waals surface area contributed by atoms with Crippen LogP contribution in [0.5, 0.6) is 0 Å². The van der Waals surface area contributed by atoms with Crippen LogP contribution in [0.4, 0.5) is 0 Å². The predicted octanol–water partition coefficient (Wildman–Crippen LogP) is 2.56. The van der Waals surface area contributed by atoms with Crippen molar-refractivity contribution in [2.75, 3.05) is 7.05 Å². The van der Waals surface area contributed by atoms with Crippen molar-refractivity contribution in [1.82, 2.24) is 5.32 Å². The van der Waals surface area contributed by atoms with Crippen LogP contribution in [0.1, 0.15) is 46.0 Å². The lowest BCUT2D eigenvalue weighted by molar-refractivity contribution is 0.295. The summed E-state index contributed by atoms with van der Waals surface area (Å²) in [6, 6.07) is 0. The van der Waals surface area contributed by atoms with Gasteiger partial charge in [0.15, 0.2) is 0 Å². The van der Waals surface area contributed by atoms with Gasteiger partial charge in [0.1, 0.15) is 0 Å². The molecule has 0 aliphatic heterocycles. The Hall–Kier alpha value is -0.0400. The molecule has 2 aliphatic carbocycles. The minimum Gasteiger partial charge on any atom is -0.313 e. The number of hydrogen-bond donors (Lipinski definition) is 1. The van der Waals surface area contributed by atoms with Crippen molar-refractivity contribution in [3.8, 4) is 0 Å². The summed E-state index contributed by atoms with van der Waals surface area (Å²) in [5, 5.41) is 3.58. The molecular formula is C11H21N. The summed E-state index contributed by atoms with van der Waals surface area (Å²) in [6.07, 6.45) is 7.24. The van der Waals surface area contributed by atoms with Crippen molar-refractivity contribution >= 4 is 0 Å². The van der Waals surface area contributed by atoms with E-state index in [9.17, 15) is 0 Å². The molecule has 0 aromatic carbocycles. The highest BCUT2D eigenvalue weighted by molar-refractivity contribution is 5.19. The lowest BCUT2D eigenvalue weighted by atomic mass is 9.89. The van der Waals surface area contributed by atoms with Crippen LogP contribution in [0.15, 0.2) is 0 Å². The van der Waals surface area contributed by atoms with Gasteiger partial charge in [-0.1, -0.05) is 26.7 Å². The van der Waals surface area contributed by atoms with E-state index in [4.69, 9.17) is 0 Å². The molecule has 2 rings (SSSR count). The van der Waals surface area contributed by atoms with Gasteiger partial charge < -0.3 is 5.32 Å². The first-order valence-corrected chi connectivity index (χ1v) is 5.31. The summed E-state index contributed by atoms with van der Waals surface area (Å²) in [4.78, 5) is 0. The van der Waals surface area contributed by atoms with Gasteiger partial charge in [-0.25, -0.2) is 0 Å². The third kappa shape index (κ3) is 0.953. The molecule has 2 fully saturated rings. The molecule has 0 bridgehead atoms. The smallest absolute Gasteiger partial charge is 0.0264 e. The van der Waals surface area contributed by atoms with Gasteiger partial charge in [-0.3, -0.25) is 0 Å². The van der Waals surface area contributed by atoms with E-state index >= 15 is 0 Å². The molecule has 1 N–H and O–H groups in total. The fourth-order valence-electron chi connectivity index (χ4n) is 3.40. The predicted molar refractivity (Wildman–Crippen MR) is 52.1 cm³/mol. The molecule has 0 aromatic rings. The Morgan fingerprint density at radius 3 is 2.00 bits per heavy atom. The van der Waals surface area contributed by atoms with E-state index in [1.807, 2.05) is 0 Å². The van der Waals surface area contributed by atoms with Crippen LogP contribution in [-0.2, 0) is 0 Å². The molecule has 0 saturated heterocycles. The lowest BCUT2D eigenvalue weighted by Crippen LogP contribution is -2.39. The van der Waals surface area contributed by atoms with Crippen LogP contribution in [0.3, 0.4) is 0 Å². The molecule has 1 heteroatoms. The van der Waals surface area contributed by atoms with Crippen LogP contribution in [0, 0.1) is 11.3 Å². The van der Waals surface area contributed by atoms with Gasteiger partial charge in [0.25, 0.3) is 0 Å². The van der Waals surface area contributed by atoms with Crippen molar-refractivity contribution in [1.29, 1.82) is 0 Å². The molecule has 2 aliphatic rings. The van der Waals surface area contributed by atoms with E-state index in [2.05, 4.69) is 26.2 Å². The number of nitrogens with one attached hydrogen (secondary N) is 1. The fraction of sp³-hybridized carbons (Fsp3) is 1.00. The summed E-state index contributed by atoms with van der Waals surface area (Å²) in [6.45, 7) is 4.81. The third-order valence-electron chi connectivity index (χ3n) is 4.30. The SMILES string of the molecule is CNC1(C2CCCC2)CC1(C)C. The first kappa shape index (κ1) is 8.55. The molecule has 0 radical (unpaired) electrons. The normalized spacial score (nSPS) is 40.2. The Labute approximate surface area is 75.9 Å². The average molecular weight is 167 g/mol. The van der Waals surface area contributed by atoms with Gasteiger partial charge in [-0.15, -0.1) is 0 Å². The Bertz CT molecular complexity index is 179. The first-order valence-electron chi connectivity index (χ1n) is 5.31. The van der Waals surface area contributed by atoms with E-state index in [0.717, 1.165) is 5.92 Å². The van der Waals surface area contributed by atoms with E-state index < -0.39 is 0 Å². The zero-order valence-electron chi connectivity index (χ0n) is 8.61. The van der Waals surface area contributed by atoms with Crippen LogP contribution < -0.4 is 5.32 Å². The maximum absolute atomic E-state index is 3.58. The second-order valence-corrected chi connectivity index (χ2v) is 5.26. The number of hydrogen-bond acceptors (Lipinski definition) is 1. The molecular weight excluding hydrogens is 146 g/mol. The molecule has 0 amide bonds. The highest BCUT2D eigenvalue weighted by Crippen LogP contribution is 2.62. The van der Waals surface area contributed by atoms with Crippen LogP contribution in [0.25, 0.3) is 0 Å². The Morgan fingerprint density at radius 2 is 1.67 bits per heavy atom. The highest BCUT2D eigenvalue weighted by atomic mass is 15.1. The van der Waals surface area contributed by atoms with Crippen molar-refractivity contribution in [3.63, 3.8) is 0 Å². The second kappa shape index (κ2) is 2.47. The van der Waals surface area contributed by atoms with Crippen molar-refractivity contribution in [3.05, 3.63) is 0 Å². The Morgan fingerprint density at radius 1 is 1.17 bits per heavy atom. The van der Waals surface area contributed by atoms with Crippen LogP contribution in [-0.4, -0.2) is 12.6 Å². The topological polar surface area (TPSA) is 12.0 Å². The maximum Gasteiger partial charge on any atom is 0.0264 e. The molecule has 0 heterocycles. The summed E-state index contributed by atoms with van der Waals surface area (Å²) >= 11 is 0. The summed E-state index contributed by atoms with van der Waals surface area (Å²) in [5.41, 5.74) is 1.08. The molecule has 12 heavy (non-hydrogen) atoms. The Balaban J connectivity index is 2.09. The summed E-state index contributed by atoms with van der Waals surface area (Å²) in [7, 11) is 2.15. The molecule has 1 unspecified atom stereocenters. The zero-order chi connectivity index (χ0) is 8.82. The lowest BCUT2D eigenvalue weighted by Gasteiger charge is -2.26. The van der Waals surface area contributed by atoms with E-state index in [1.54, 1.807) is 0 Å². The quantitative estimate of drug-likeness (QED) is 0.666. The molecule has 0 aromatic heterocycles. The highest BCUT2D eigenvalue weighted by Gasteiger charge is 2.63. The first-order chi connectivity index (χ1) is 5.62. The molecule has 2 saturated carbocycles. The van der Waals surface area contributed by atoms with E-state index in [1.165, 1.54) is 32.1 Å². The number of rotatable bonds is 2. The summed E-state index contributed by atoms with van der Waals surface area (Å²) < 4.78 is 0. The van der Waals surface area contributed by atoms with E-state index in [0.29, 0.717) is 11.0 Å². The fourth-order valence-corrected chi connectivity index (χ4v) is 3.40. The standard InChI is InChI=1S/C11H21N/c1-10(2)8-11(10,12-3)9-6-4-5-7-9/h9,12H,4-8H2,1-3H3. The second-order valence-electron chi connectivity index (χ2n) is 5.26. The molecule has 0 spiro atoms. The molecule has 1 nitrogen and oxygen atoms in total. The minimum atomic E-state index is 0.517. The largest absolute Gasteiger partial charge is 0.313 e. The van der Waals surface area contributed by atoms with Crippen molar-refractivity contribution in [2.45, 2.75) is 51.5 Å². The van der Waals surface area contributed by atoms with Gasteiger partial charge in [-0.2, -0.15) is 0 Å². The van der Waals surface area contributed by atoms with Gasteiger partial charge in [0.05, 0.1) is 0 Å². The van der Waals surface area contributed by atoms with Gasteiger partial charge >= 0.3 is 0 Å². The van der Waals surface area contributed by atoms with E-state index in [-0.39, 0.29) is 0 Å². The van der Waals surface area contributed by atoms with Gasteiger partial charge in [-0.05, 0) is 37.6 Å². The zero-order valence-corrected chi connectivity index (χ0v) is 8.61. The minimum absolute atomic E-state index is 0.517. The van der Waals surface area contributed by atoms with Crippen LogP contribution in [0.2, 0.25) is 0 Å². The third-order valence-corrected chi connectivity index (χ3v) is 4.30. The average Bonchev–Trinajstić information content (AvgIpc) is 2.52. The van der Waals surface area contributed by atoms with Gasteiger partial charge in [0, 0.05) is 5.54 Å². The Kier molecular flexibility index (Phi) is 1.76. The van der Waals surface area contributed by atoms with Crippen molar-refractivity contribution in [2.24, 2.45) is 11.3 Å². The molecule has 1 atom stereocenters. The maximum atomic E-state index is 3.58. The van der Waals surface area contributed by atoms with Crippen molar-refractivity contribution < 1.29 is 0 Å². The summed E-state index contributed by atoms with van der Waals surface area (Å²) in [5.74, 6) is 0.970. The molecule has 70 valence electrons. The monoisotopic (exact) mass is 167 g/mol. The van der Waals surface area contributed by atoms with Gasteiger partial charge in [0.2, 0.25) is 0 Å².